The number of Topliss-reactive ketones (excluding diaryl/α,β-unsaturated/α-hetero) is 1. The van der Waals surface area contributed by atoms with Crippen LogP contribution in [0.15, 0.2) is 35.7 Å². The molecular formula is C21H23FN2O5S. The van der Waals surface area contributed by atoms with Gasteiger partial charge >= 0.3 is 5.97 Å². The van der Waals surface area contributed by atoms with E-state index < -0.39 is 23.8 Å². The summed E-state index contributed by atoms with van der Waals surface area (Å²) >= 11 is 1.32. The first-order valence-corrected chi connectivity index (χ1v) is 10.2. The molecule has 0 spiro atoms. The van der Waals surface area contributed by atoms with Crippen LogP contribution in [0.25, 0.3) is 0 Å². The number of benzene rings is 1. The quantitative estimate of drug-likeness (QED) is 0.442. The number of ether oxygens (including phenoxy) is 1. The number of thiophene rings is 1. The molecule has 1 aromatic heterocycles. The van der Waals surface area contributed by atoms with Crippen LogP contribution in [0.1, 0.15) is 41.4 Å². The molecule has 2 N–H and O–H groups in total. The number of rotatable bonds is 10. The highest BCUT2D eigenvalue weighted by atomic mass is 32.1. The molecular weight excluding hydrogens is 411 g/mol. The minimum absolute atomic E-state index is 0.0255. The fourth-order valence-corrected chi connectivity index (χ4v) is 3.10. The maximum absolute atomic E-state index is 13.5. The fraction of sp³-hybridized carbons (Fsp3) is 0.333. The molecule has 0 radical (unpaired) electrons. The number of aryl methyl sites for hydroxylation is 1. The van der Waals surface area contributed by atoms with Crippen LogP contribution in [-0.2, 0) is 19.1 Å². The van der Waals surface area contributed by atoms with Crippen LogP contribution < -0.4 is 10.6 Å². The predicted molar refractivity (Wildman–Crippen MR) is 111 cm³/mol. The lowest BCUT2D eigenvalue weighted by Gasteiger charge is -2.14. The van der Waals surface area contributed by atoms with E-state index in [-0.39, 0.29) is 43.2 Å². The summed E-state index contributed by atoms with van der Waals surface area (Å²) in [4.78, 5) is 48.1. The van der Waals surface area contributed by atoms with E-state index in [1.54, 1.807) is 30.5 Å². The third-order valence-electron chi connectivity index (χ3n) is 4.14. The van der Waals surface area contributed by atoms with Crippen LogP contribution >= 0.6 is 11.3 Å². The zero-order valence-electron chi connectivity index (χ0n) is 16.7. The van der Waals surface area contributed by atoms with Crippen LogP contribution in [0.4, 0.5) is 10.1 Å². The van der Waals surface area contributed by atoms with Crippen molar-refractivity contribution in [2.45, 2.75) is 39.2 Å². The van der Waals surface area contributed by atoms with E-state index in [1.165, 1.54) is 30.4 Å². The molecule has 0 aliphatic carbocycles. The normalized spacial score (nSPS) is 11.4. The molecule has 2 rings (SSSR count). The van der Waals surface area contributed by atoms with Gasteiger partial charge in [0.05, 0.1) is 11.3 Å². The minimum Gasteiger partial charge on any atom is -0.452 e. The first-order chi connectivity index (χ1) is 14.3. The van der Waals surface area contributed by atoms with Gasteiger partial charge in [-0.25, -0.2) is 4.39 Å². The summed E-state index contributed by atoms with van der Waals surface area (Å²) in [6.07, 6.45) is -1.09. The zero-order chi connectivity index (χ0) is 22.1. The summed E-state index contributed by atoms with van der Waals surface area (Å²) < 4.78 is 18.5. The molecule has 160 valence electrons. The van der Waals surface area contributed by atoms with Gasteiger partial charge in [-0.3, -0.25) is 19.2 Å². The molecule has 30 heavy (non-hydrogen) atoms. The smallest absolute Gasteiger partial charge is 0.308 e. The molecule has 1 unspecified atom stereocenters. The summed E-state index contributed by atoms with van der Waals surface area (Å²) in [6, 6.07) is 7.72. The van der Waals surface area contributed by atoms with Crippen molar-refractivity contribution in [2.75, 3.05) is 11.9 Å². The van der Waals surface area contributed by atoms with E-state index in [1.807, 2.05) is 0 Å². The average molecular weight is 434 g/mol. The Labute approximate surface area is 177 Å². The highest BCUT2D eigenvalue weighted by molar-refractivity contribution is 7.12. The van der Waals surface area contributed by atoms with Gasteiger partial charge in [-0.15, -0.1) is 11.3 Å². The average Bonchev–Trinajstić information content (AvgIpc) is 3.23. The Morgan fingerprint density at radius 2 is 1.90 bits per heavy atom. The Kier molecular flexibility index (Phi) is 8.67. The third kappa shape index (κ3) is 7.40. The van der Waals surface area contributed by atoms with Crippen molar-refractivity contribution in [3.8, 4) is 0 Å². The number of hydrogen-bond donors (Lipinski definition) is 2. The van der Waals surface area contributed by atoms with Crippen molar-refractivity contribution in [3.05, 3.63) is 52.0 Å². The van der Waals surface area contributed by atoms with E-state index in [0.717, 1.165) is 0 Å². The molecule has 0 saturated heterocycles. The lowest BCUT2D eigenvalue weighted by atomic mass is 10.2. The number of esters is 1. The van der Waals surface area contributed by atoms with Crippen molar-refractivity contribution in [1.82, 2.24) is 5.32 Å². The Morgan fingerprint density at radius 1 is 1.13 bits per heavy atom. The van der Waals surface area contributed by atoms with E-state index in [2.05, 4.69) is 10.6 Å². The number of amides is 2. The molecule has 1 atom stereocenters. The van der Waals surface area contributed by atoms with Crippen molar-refractivity contribution in [2.24, 2.45) is 0 Å². The van der Waals surface area contributed by atoms with Gasteiger partial charge in [0.25, 0.3) is 5.91 Å². The highest BCUT2D eigenvalue weighted by Gasteiger charge is 2.18. The number of hydrogen-bond acceptors (Lipinski definition) is 6. The number of carbonyl (C=O) groups is 4. The number of nitrogens with one attached hydrogen (secondary N) is 2. The maximum atomic E-state index is 13.5. The minimum atomic E-state index is -1.08. The Balaban J connectivity index is 1.65. The summed E-state index contributed by atoms with van der Waals surface area (Å²) in [5.74, 6) is -2.16. The first-order valence-electron chi connectivity index (χ1n) is 9.36. The van der Waals surface area contributed by atoms with Crippen LogP contribution in [0.5, 0.6) is 0 Å². The molecule has 0 bridgehead atoms. The van der Waals surface area contributed by atoms with Crippen LogP contribution in [0.3, 0.4) is 0 Å². The van der Waals surface area contributed by atoms with E-state index in [9.17, 15) is 23.6 Å². The summed E-state index contributed by atoms with van der Waals surface area (Å²) in [7, 11) is 0. The second-order valence-corrected chi connectivity index (χ2v) is 7.53. The number of halogens is 1. The topological polar surface area (TPSA) is 102 Å². The molecule has 0 aliphatic heterocycles. The van der Waals surface area contributed by atoms with Gasteiger partial charge in [-0.2, -0.15) is 0 Å². The summed E-state index contributed by atoms with van der Waals surface area (Å²) in [6.45, 7) is 3.03. The Bertz CT molecular complexity index is 914. The van der Waals surface area contributed by atoms with E-state index >= 15 is 0 Å². The van der Waals surface area contributed by atoms with Crippen LogP contribution in [0, 0.1) is 12.7 Å². The molecule has 2 amide bonds. The predicted octanol–water partition coefficient (Wildman–Crippen LogP) is 3.24. The third-order valence-corrected chi connectivity index (χ3v) is 5.05. The number of ketones is 1. The van der Waals surface area contributed by atoms with Gasteiger partial charge < -0.3 is 15.4 Å². The molecule has 7 nitrogen and oxygen atoms in total. The summed E-state index contributed by atoms with van der Waals surface area (Å²) in [5.41, 5.74) is 0.709. The molecule has 1 heterocycles. The van der Waals surface area contributed by atoms with Gasteiger partial charge in [0.2, 0.25) is 5.91 Å². The lowest BCUT2D eigenvalue weighted by molar-refractivity contribution is -0.153. The maximum Gasteiger partial charge on any atom is 0.308 e. The SMILES string of the molecule is Cc1ccc(NC(=O)C(C)OC(=O)CCNC(=O)CCC(=O)c2cccs2)cc1F. The van der Waals surface area contributed by atoms with E-state index in [4.69, 9.17) is 4.74 Å². The van der Waals surface area contributed by atoms with E-state index in [0.29, 0.717) is 10.4 Å². The molecule has 9 heteroatoms. The van der Waals surface area contributed by atoms with Crippen molar-refractivity contribution in [1.29, 1.82) is 0 Å². The second kappa shape index (κ2) is 11.2. The van der Waals surface area contributed by atoms with Crippen molar-refractivity contribution < 1.29 is 28.3 Å². The van der Waals surface area contributed by atoms with Crippen LogP contribution in [-0.4, -0.2) is 36.2 Å². The van der Waals surface area contributed by atoms with Crippen LogP contribution in [0.2, 0.25) is 0 Å². The van der Waals surface area contributed by atoms with Crippen molar-refractivity contribution >= 4 is 40.6 Å². The van der Waals surface area contributed by atoms with Gasteiger partial charge in [-0.05, 0) is 43.0 Å². The van der Waals surface area contributed by atoms with Gasteiger partial charge in [0.1, 0.15) is 5.82 Å². The standard InChI is InChI=1S/C21H23FN2O5S/c1-13-5-6-15(12-16(13)22)24-21(28)14(2)29-20(27)9-10-23-19(26)8-7-17(25)18-4-3-11-30-18/h3-6,11-12,14H,7-10H2,1-2H3,(H,23,26)(H,24,28). The molecule has 0 saturated carbocycles. The highest BCUT2D eigenvalue weighted by Crippen LogP contribution is 2.14. The molecule has 0 fully saturated rings. The fourth-order valence-electron chi connectivity index (χ4n) is 2.40. The monoisotopic (exact) mass is 434 g/mol. The van der Waals surface area contributed by atoms with Gasteiger partial charge in [0.15, 0.2) is 11.9 Å². The first kappa shape index (κ1) is 23.2. The largest absolute Gasteiger partial charge is 0.452 e. The number of anilines is 1. The Morgan fingerprint density at radius 3 is 2.57 bits per heavy atom. The zero-order valence-corrected chi connectivity index (χ0v) is 17.5. The summed E-state index contributed by atoms with van der Waals surface area (Å²) in [5, 5.41) is 6.80. The molecule has 0 aliphatic rings. The van der Waals surface area contributed by atoms with Crippen molar-refractivity contribution in [3.63, 3.8) is 0 Å². The Hall–Kier alpha value is -3.07. The molecule has 2 aromatic rings. The lowest BCUT2D eigenvalue weighted by Crippen LogP contribution is -2.32. The second-order valence-electron chi connectivity index (χ2n) is 6.59. The van der Waals surface area contributed by atoms with Gasteiger partial charge in [0, 0.05) is 25.1 Å². The number of carbonyl (C=O) groups excluding carboxylic acids is 4. The molecule has 1 aromatic carbocycles. The van der Waals surface area contributed by atoms with Gasteiger partial charge in [-0.1, -0.05) is 12.1 Å².